The van der Waals surface area contributed by atoms with Crippen LogP contribution in [0.2, 0.25) is 0 Å². The van der Waals surface area contributed by atoms with E-state index in [1.165, 1.54) is 11.3 Å². The SMILES string of the molecule is C=CCC(C)(C)CC.CC(C)(C)OC(=O)N1CCC[C@H]1C(=O)OCc1ccccc1. The number of likely N-dealkylation sites (tertiary alicyclic amines) is 1. The molecule has 0 unspecified atom stereocenters. The summed E-state index contributed by atoms with van der Waals surface area (Å²) in [7, 11) is 0. The summed E-state index contributed by atoms with van der Waals surface area (Å²) >= 11 is 0. The van der Waals surface area contributed by atoms with Crippen molar-refractivity contribution in [3.05, 3.63) is 48.6 Å². The van der Waals surface area contributed by atoms with Crippen molar-refractivity contribution < 1.29 is 19.1 Å². The largest absolute Gasteiger partial charge is 0.459 e. The molecular weight excluding hydrogens is 378 g/mol. The van der Waals surface area contributed by atoms with Gasteiger partial charge in [-0.2, -0.15) is 0 Å². The number of hydrogen-bond donors (Lipinski definition) is 0. The number of amides is 1. The molecule has 0 spiro atoms. The number of nitrogens with zero attached hydrogens (tertiary/aromatic N) is 1. The van der Waals surface area contributed by atoms with E-state index < -0.39 is 17.7 Å². The van der Waals surface area contributed by atoms with Crippen LogP contribution in [0.5, 0.6) is 0 Å². The molecule has 1 aromatic rings. The van der Waals surface area contributed by atoms with Crippen LogP contribution in [0.15, 0.2) is 43.0 Å². The van der Waals surface area contributed by atoms with E-state index >= 15 is 0 Å². The first-order chi connectivity index (χ1) is 14.0. The van der Waals surface area contributed by atoms with E-state index in [2.05, 4.69) is 27.4 Å². The van der Waals surface area contributed by atoms with E-state index in [4.69, 9.17) is 9.47 Å². The van der Waals surface area contributed by atoms with Crippen molar-refractivity contribution in [2.45, 2.75) is 85.5 Å². The Kier molecular flexibility index (Phi) is 10.1. The van der Waals surface area contributed by atoms with Gasteiger partial charge in [-0.3, -0.25) is 4.90 Å². The molecule has 1 saturated heterocycles. The molecule has 1 amide bonds. The minimum Gasteiger partial charge on any atom is -0.459 e. The maximum absolute atomic E-state index is 12.2. The standard InChI is InChI=1S/C17H23NO4.C8H16/c1-17(2,3)22-16(20)18-11-7-10-14(18)15(19)21-12-13-8-5-4-6-9-13;1-5-7-8(3,4)6-2/h4-6,8-9,14H,7,10-12H2,1-3H3;5H,1,6-7H2,2-4H3/t14-;/m0./s1. The third-order valence-corrected chi connectivity index (χ3v) is 5.03. The molecule has 0 saturated carbocycles. The highest BCUT2D eigenvalue weighted by atomic mass is 16.6. The molecule has 30 heavy (non-hydrogen) atoms. The van der Waals surface area contributed by atoms with E-state index in [0.717, 1.165) is 18.4 Å². The maximum atomic E-state index is 12.2. The van der Waals surface area contributed by atoms with Crippen molar-refractivity contribution in [1.29, 1.82) is 0 Å². The van der Waals surface area contributed by atoms with Crippen molar-refractivity contribution in [3.8, 4) is 0 Å². The van der Waals surface area contributed by atoms with E-state index in [0.29, 0.717) is 18.4 Å². The van der Waals surface area contributed by atoms with Gasteiger partial charge in [0.15, 0.2) is 0 Å². The molecule has 5 heteroatoms. The monoisotopic (exact) mass is 417 g/mol. The predicted octanol–water partition coefficient (Wildman–Crippen LogP) is 6.13. The molecule has 0 radical (unpaired) electrons. The van der Waals surface area contributed by atoms with E-state index in [9.17, 15) is 9.59 Å². The maximum Gasteiger partial charge on any atom is 0.411 e. The second kappa shape index (κ2) is 11.8. The molecule has 1 aromatic carbocycles. The number of benzene rings is 1. The van der Waals surface area contributed by atoms with E-state index in [1.54, 1.807) is 0 Å². The van der Waals surface area contributed by atoms with Gasteiger partial charge in [0, 0.05) is 6.54 Å². The average Bonchev–Trinajstić information content (AvgIpc) is 3.16. The summed E-state index contributed by atoms with van der Waals surface area (Å²) in [6.07, 6.45) is 5.30. The van der Waals surface area contributed by atoms with Gasteiger partial charge >= 0.3 is 12.1 Å². The zero-order chi connectivity index (χ0) is 22.8. The summed E-state index contributed by atoms with van der Waals surface area (Å²) in [5.74, 6) is -0.368. The number of hydrogen-bond acceptors (Lipinski definition) is 4. The smallest absolute Gasteiger partial charge is 0.411 e. The van der Waals surface area contributed by atoms with Crippen molar-refractivity contribution in [2.75, 3.05) is 6.54 Å². The molecule has 1 aliphatic heterocycles. The van der Waals surface area contributed by atoms with Crippen LogP contribution in [0, 0.1) is 5.41 Å². The fourth-order valence-electron chi connectivity index (χ4n) is 2.91. The number of carbonyl (C=O) groups is 2. The number of rotatable bonds is 6. The molecule has 2 rings (SSSR count). The van der Waals surface area contributed by atoms with Gasteiger partial charge in [0.05, 0.1) is 0 Å². The topological polar surface area (TPSA) is 55.8 Å². The predicted molar refractivity (Wildman–Crippen MR) is 121 cm³/mol. The summed E-state index contributed by atoms with van der Waals surface area (Å²) in [5, 5.41) is 0. The third kappa shape index (κ3) is 9.47. The summed E-state index contributed by atoms with van der Waals surface area (Å²) in [5.41, 5.74) is 0.831. The van der Waals surface area contributed by atoms with Crippen LogP contribution in [-0.2, 0) is 20.9 Å². The molecule has 0 aromatic heterocycles. The first kappa shape index (κ1) is 25.7. The minimum absolute atomic E-state index is 0.221. The molecular formula is C25H39NO4. The fraction of sp³-hybridized carbons (Fsp3) is 0.600. The first-order valence-electron chi connectivity index (χ1n) is 10.8. The van der Waals surface area contributed by atoms with Crippen LogP contribution in [-0.4, -0.2) is 35.2 Å². The number of ether oxygens (including phenoxy) is 2. The van der Waals surface area contributed by atoms with Gasteiger partial charge in [0.25, 0.3) is 0 Å². The Hall–Kier alpha value is -2.30. The Labute approximate surface area is 182 Å². The second-order valence-corrected chi connectivity index (χ2v) is 9.44. The normalized spacial score (nSPS) is 16.3. The highest BCUT2D eigenvalue weighted by Crippen LogP contribution is 2.24. The van der Waals surface area contributed by atoms with E-state index in [-0.39, 0.29) is 12.6 Å². The Bertz CT molecular complexity index is 676. The van der Waals surface area contributed by atoms with Crippen LogP contribution in [0.1, 0.15) is 72.8 Å². The van der Waals surface area contributed by atoms with Gasteiger partial charge in [-0.1, -0.05) is 63.6 Å². The van der Waals surface area contributed by atoms with E-state index in [1.807, 2.05) is 57.2 Å². The molecule has 5 nitrogen and oxygen atoms in total. The van der Waals surface area contributed by atoms with Crippen LogP contribution in [0.4, 0.5) is 4.79 Å². The van der Waals surface area contributed by atoms with Gasteiger partial charge in [0.2, 0.25) is 0 Å². The lowest BCUT2D eigenvalue weighted by atomic mass is 9.87. The van der Waals surface area contributed by atoms with Crippen molar-refractivity contribution in [3.63, 3.8) is 0 Å². The lowest BCUT2D eigenvalue weighted by Crippen LogP contribution is -2.44. The molecule has 1 heterocycles. The second-order valence-electron chi connectivity index (χ2n) is 9.44. The Morgan fingerprint density at radius 2 is 1.80 bits per heavy atom. The van der Waals surface area contributed by atoms with Gasteiger partial charge in [-0.25, -0.2) is 9.59 Å². The van der Waals surface area contributed by atoms with Gasteiger partial charge in [-0.05, 0) is 51.0 Å². The van der Waals surface area contributed by atoms with Crippen molar-refractivity contribution in [2.24, 2.45) is 5.41 Å². The molecule has 0 aliphatic carbocycles. The molecule has 1 fully saturated rings. The van der Waals surface area contributed by atoms with Crippen molar-refractivity contribution >= 4 is 12.1 Å². The van der Waals surface area contributed by atoms with Crippen molar-refractivity contribution in [1.82, 2.24) is 4.90 Å². The van der Waals surface area contributed by atoms with Crippen LogP contribution in [0.3, 0.4) is 0 Å². The number of carbonyl (C=O) groups excluding carboxylic acids is 2. The third-order valence-electron chi connectivity index (χ3n) is 5.03. The Balaban J connectivity index is 0.000000479. The molecule has 0 bridgehead atoms. The molecule has 1 aliphatic rings. The van der Waals surface area contributed by atoms with Gasteiger partial charge in [-0.15, -0.1) is 6.58 Å². The molecule has 0 N–H and O–H groups in total. The van der Waals surface area contributed by atoms with Gasteiger partial charge in [0.1, 0.15) is 18.2 Å². The highest BCUT2D eigenvalue weighted by Gasteiger charge is 2.37. The fourth-order valence-corrected chi connectivity index (χ4v) is 2.91. The Morgan fingerprint density at radius 1 is 1.17 bits per heavy atom. The summed E-state index contributed by atoms with van der Waals surface area (Å²) in [6.45, 7) is 16.6. The first-order valence-corrected chi connectivity index (χ1v) is 10.8. The minimum atomic E-state index is -0.571. The summed E-state index contributed by atoms with van der Waals surface area (Å²) < 4.78 is 10.7. The average molecular weight is 418 g/mol. The number of allylic oxidation sites excluding steroid dienone is 1. The lowest BCUT2D eigenvalue weighted by molar-refractivity contribution is -0.150. The van der Waals surface area contributed by atoms with Crippen LogP contribution >= 0.6 is 0 Å². The molecule has 168 valence electrons. The quantitative estimate of drug-likeness (QED) is 0.413. The zero-order valence-electron chi connectivity index (χ0n) is 19.6. The molecule has 1 atom stereocenters. The highest BCUT2D eigenvalue weighted by molar-refractivity contribution is 5.82. The van der Waals surface area contributed by atoms with Crippen LogP contribution < -0.4 is 0 Å². The lowest BCUT2D eigenvalue weighted by Gasteiger charge is -2.27. The van der Waals surface area contributed by atoms with Gasteiger partial charge < -0.3 is 9.47 Å². The van der Waals surface area contributed by atoms with Crippen LogP contribution in [0.25, 0.3) is 0 Å². The summed E-state index contributed by atoms with van der Waals surface area (Å²) in [4.78, 5) is 25.8. The summed E-state index contributed by atoms with van der Waals surface area (Å²) in [6, 6.07) is 8.95. The number of esters is 1. The zero-order valence-corrected chi connectivity index (χ0v) is 19.6. The Morgan fingerprint density at radius 3 is 2.30 bits per heavy atom.